The van der Waals surface area contributed by atoms with Crippen molar-refractivity contribution in [1.29, 1.82) is 0 Å². The molecule has 1 aromatic heterocycles. The standard InChI is InChI=1S/C28H24N2O2/c1-2-30-17-22(16-19-12-14-21(15-13-19)20-8-4-3-5-9-20)27-24(18-30)26(28(31)32)23-10-6-7-11-25(23)29-27/h3-16H,2,17-18H2,1H3,(H,31,32)/b22-16+. The largest absolute Gasteiger partial charge is 0.545 e. The number of aromatic nitrogens is 1. The summed E-state index contributed by atoms with van der Waals surface area (Å²) in [5.41, 5.74) is 7.02. The predicted molar refractivity (Wildman–Crippen MR) is 126 cm³/mol. The van der Waals surface area contributed by atoms with E-state index in [2.05, 4.69) is 49.4 Å². The first-order valence-electron chi connectivity index (χ1n) is 11.0. The van der Waals surface area contributed by atoms with Gasteiger partial charge in [-0.2, -0.15) is 0 Å². The molecule has 4 aromatic rings. The Labute approximate surface area is 187 Å². The summed E-state index contributed by atoms with van der Waals surface area (Å²) in [4.78, 5) is 18.4. The summed E-state index contributed by atoms with van der Waals surface area (Å²) in [7, 11) is 0. The van der Waals surface area contributed by atoms with Crippen LogP contribution >= 0.6 is 0 Å². The van der Waals surface area contributed by atoms with Gasteiger partial charge in [-0.15, -0.1) is 0 Å². The van der Waals surface area contributed by atoms with Gasteiger partial charge < -0.3 is 14.8 Å². The third kappa shape index (κ3) is 3.70. The molecular formula is C28H24N2O2. The third-order valence-corrected chi connectivity index (χ3v) is 6.23. The van der Waals surface area contributed by atoms with Crippen LogP contribution in [0.2, 0.25) is 0 Å². The van der Waals surface area contributed by atoms with Crippen molar-refractivity contribution in [3.63, 3.8) is 0 Å². The van der Waals surface area contributed by atoms with E-state index < -0.39 is 5.97 Å². The Bertz CT molecular complexity index is 1330. The van der Waals surface area contributed by atoms with Crippen LogP contribution in [0.3, 0.4) is 0 Å². The maximum Gasteiger partial charge on any atom is 0.106 e. The number of nitrogens with zero attached hydrogens (tertiary/aromatic N) is 1. The number of para-hydroxylation sites is 1. The topological polar surface area (TPSA) is 57.5 Å². The molecule has 1 unspecified atom stereocenters. The molecule has 3 aromatic carbocycles. The van der Waals surface area contributed by atoms with E-state index in [1.807, 2.05) is 42.5 Å². The second-order valence-corrected chi connectivity index (χ2v) is 8.23. The molecule has 4 nitrogen and oxygen atoms in total. The van der Waals surface area contributed by atoms with Gasteiger partial charge in [-0.1, -0.05) is 72.8 Å². The number of fused-ring (bicyclic) bond motifs is 2. The summed E-state index contributed by atoms with van der Waals surface area (Å²) in [5, 5.41) is 12.8. The molecule has 0 radical (unpaired) electrons. The van der Waals surface area contributed by atoms with Crippen LogP contribution in [0, 0.1) is 0 Å². The zero-order chi connectivity index (χ0) is 22.1. The average Bonchev–Trinajstić information content (AvgIpc) is 2.83. The van der Waals surface area contributed by atoms with Crippen molar-refractivity contribution >= 4 is 28.5 Å². The molecule has 0 bridgehead atoms. The number of carbonyl (C=O) groups is 1. The summed E-state index contributed by atoms with van der Waals surface area (Å²) >= 11 is 0. The van der Waals surface area contributed by atoms with Gasteiger partial charge in [0.2, 0.25) is 0 Å². The Morgan fingerprint density at radius 2 is 1.62 bits per heavy atom. The molecule has 0 saturated carbocycles. The second-order valence-electron chi connectivity index (χ2n) is 8.23. The number of benzene rings is 3. The van der Waals surface area contributed by atoms with Crippen LogP contribution in [0.1, 0.15) is 34.1 Å². The number of rotatable bonds is 4. The molecule has 0 saturated heterocycles. The number of quaternary nitrogens is 1. The number of nitrogens with one attached hydrogen (secondary N) is 1. The fraction of sp³-hybridized carbons (Fsp3) is 0.143. The van der Waals surface area contributed by atoms with Crippen molar-refractivity contribution in [3.8, 4) is 11.1 Å². The number of carboxylic acid groups (broad SMARTS) is 1. The number of carbonyl (C=O) groups excluding carboxylic acids is 1. The highest BCUT2D eigenvalue weighted by molar-refractivity contribution is 6.05. The Morgan fingerprint density at radius 3 is 2.34 bits per heavy atom. The molecule has 158 valence electrons. The normalized spacial score (nSPS) is 16.8. The lowest BCUT2D eigenvalue weighted by molar-refractivity contribution is -0.905. The van der Waals surface area contributed by atoms with E-state index in [9.17, 15) is 9.90 Å². The highest BCUT2D eigenvalue weighted by atomic mass is 16.4. The fourth-order valence-corrected chi connectivity index (χ4v) is 4.56. The minimum atomic E-state index is -1.14. The van der Waals surface area contributed by atoms with Crippen LogP contribution in [0.15, 0.2) is 78.9 Å². The lowest BCUT2D eigenvalue weighted by Gasteiger charge is -2.29. The summed E-state index contributed by atoms with van der Waals surface area (Å²) in [6, 6.07) is 26.2. The first kappa shape index (κ1) is 20.2. The smallest absolute Gasteiger partial charge is 0.106 e. The second kappa shape index (κ2) is 8.40. The van der Waals surface area contributed by atoms with Crippen LogP contribution < -0.4 is 10.0 Å². The molecule has 4 heteroatoms. The number of hydrogen-bond donors (Lipinski definition) is 1. The molecule has 0 amide bonds. The molecule has 32 heavy (non-hydrogen) atoms. The third-order valence-electron chi connectivity index (χ3n) is 6.23. The lowest BCUT2D eigenvalue weighted by atomic mass is 9.92. The average molecular weight is 421 g/mol. The maximum absolute atomic E-state index is 12.2. The minimum Gasteiger partial charge on any atom is -0.545 e. The monoisotopic (exact) mass is 420 g/mol. The van der Waals surface area contributed by atoms with Gasteiger partial charge in [0.25, 0.3) is 0 Å². The Kier molecular flexibility index (Phi) is 5.29. The van der Waals surface area contributed by atoms with Crippen LogP contribution in [0.4, 0.5) is 0 Å². The van der Waals surface area contributed by atoms with E-state index in [0.717, 1.165) is 35.5 Å². The molecule has 0 aliphatic carbocycles. The van der Waals surface area contributed by atoms with E-state index >= 15 is 0 Å². The van der Waals surface area contributed by atoms with E-state index in [-0.39, 0.29) is 5.56 Å². The summed E-state index contributed by atoms with van der Waals surface area (Å²) < 4.78 is 0. The van der Waals surface area contributed by atoms with E-state index in [1.165, 1.54) is 16.0 Å². The SMILES string of the molecule is CC[NH+]1C/C(=C\c2ccc(-c3ccccc3)cc2)c2nc3ccccc3c(C(=O)[O-])c2C1. The van der Waals surface area contributed by atoms with E-state index in [1.54, 1.807) is 0 Å². The molecule has 0 fully saturated rings. The molecule has 1 aliphatic rings. The Balaban J connectivity index is 1.63. The van der Waals surface area contributed by atoms with Gasteiger partial charge in [-0.05, 0) is 35.8 Å². The first-order valence-corrected chi connectivity index (χ1v) is 11.0. The van der Waals surface area contributed by atoms with Gasteiger partial charge in [0.1, 0.15) is 13.1 Å². The molecular weight excluding hydrogens is 396 g/mol. The van der Waals surface area contributed by atoms with Gasteiger partial charge in [-0.3, -0.25) is 0 Å². The quantitative estimate of drug-likeness (QED) is 0.552. The number of aromatic carboxylic acids is 1. The fourth-order valence-electron chi connectivity index (χ4n) is 4.56. The molecule has 2 heterocycles. The van der Waals surface area contributed by atoms with Gasteiger partial charge in [0.15, 0.2) is 0 Å². The van der Waals surface area contributed by atoms with Crippen molar-refractivity contribution in [2.45, 2.75) is 13.5 Å². The van der Waals surface area contributed by atoms with Crippen LogP contribution in [0.5, 0.6) is 0 Å². The Morgan fingerprint density at radius 1 is 0.938 bits per heavy atom. The summed E-state index contributed by atoms with van der Waals surface area (Å²) in [6.45, 7) is 4.47. The predicted octanol–water partition coefficient (Wildman–Crippen LogP) is 3.22. The van der Waals surface area contributed by atoms with Crippen molar-refractivity contribution in [3.05, 3.63) is 101 Å². The minimum absolute atomic E-state index is 0.279. The highest BCUT2D eigenvalue weighted by Crippen LogP contribution is 2.30. The van der Waals surface area contributed by atoms with Crippen molar-refractivity contribution < 1.29 is 14.8 Å². The number of carboxylic acids is 1. The van der Waals surface area contributed by atoms with Crippen molar-refractivity contribution in [2.75, 3.05) is 13.1 Å². The van der Waals surface area contributed by atoms with E-state index in [4.69, 9.17) is 4.98 Å². The zero-order valence-corrected chi connectivity index (χ0v) is 18.0. The highest BCUT2D eigenvalue weighted by Gasteiger charge is 2.28. The van der Waals surface area contributed by atoms with Gasteiger partial charge >= 0.3 is 0 Å². The lowest BCUT2D eigenvalue weighted by Crippen LogP contribution is -3.11. The maximum atomic E-state index is 12.2. The van der Waals surface area contributed by atoms with Crippen LogP contribution in [-0.4, -0.2) is 24.0 Å². The number of pyridine rings is 1. The Hall–Kier alpha value is -3.76. The molecule has 0 spiro atoms. The van der Waals surface area contributed by atoms with Gasteiger partial charge in [0, 0.05) is 22.1 Å². The first-order chi connectivity index (χ1) is 15.6. The molecule has 5 rings (SSSR count). The molecule has 1 atom stereocenters. The van der Waals surface area contributed by atoms with Crippen LogP contribution in [0.25, 0.3) is 33.7 Å². The van der Waals surface area contributed by atoms with Gasteiger partial charge in [0.05, 0.1) is 23.7 Å². The van der Waals surface area contributed by atoms with Gasteiger partial charge in [-0.25, -0.2) is 4.98 Å². The molecule has 1 aliphatic heterocycles. The van der Waals surface area contributed by atoms with Crippen LogP contribution in [-0.2, 0) is 6.54 Å². The van der Waals surface area contributed by atoms with E-state index in [0.29, 0.717) is 17.4 Å². The zero-order valence-electron chi connectivity index (χ0n) is 18.0. The number of hydrogen-bond acceptors (Lipinski definition) is 3. The van der Waals surface area contributed by atoms with Crippen molar-refractivity contribution in [2.24, 2.45) is 0 Å². The molecule has 1 N–H and O–H groups in total. The number of likely N-dealkylation sites (N-methyl/N-ethyl adjacent to an activating group) is 1. The van der Waals surface area contributed by atoms with Crippen molar-refractivity contribution in [1.82, 2.24) is 4.98 Å². The summed E-state index contributed by atoms with van der Waals surface area (Å²) in [6.07, 6.45) is 2.14. The summed E-state index contributed by atoms with van der Waals surface area (Å²) in [5.74, 6) is -1.14.